The molecule has 0 radical (unpaired) electrons. The molecule has 2 heterocycles. The van der Waals surface area contributed by atoms with Crippen LogP contribution in [0.4, 0.5) is 5.69 Å². The first-order valence-corrected chi connectivity index (χ1v) is 13.4. The van der Waals surface area contributed by atoms with Gasteiger partial charge < -0.3 is 9.47 Å². The van der Waals surface area contributed by atoms with E-state index in [1.54, 1.807) is 26.0 Å². The SMILES string of the molecule is COc1cc2c(cc1OC)C1=NC(=O)[C@@H](CC3CCCCC3)N1C(SCc1cc(C)ccc1C)=N2. The fraction of sp³-hybridized carbons (Fsp3) is 0.464. The first kappa shape index (κ1) is 23.9. The Morgan fingerprint density at radius 2 is 1.74 bits per heavy atom. The zero-order valence-electron chi connectivity index (χ0n) is 21.0. The van der Waals surface area contributed by atoms with Gasteiger partial charge in [0.25, 0.3) is 5.91 Å². The van der Waals surface area contributed by atoms with Crippen molar-refractivity contribution < 1.29 is 14.3 Å². The summed E-state index contributed by atoms with van der Waals surface area (Å²) in [6, 6.07) is 10.0. The molecule has 2 aliphatic heterocycles. The molecule has 3 aliphatic rings. The van der Waals surface area contributed by atoms with Gasteiger partial charge >= 0.3 is 0 Å². The van der Waals surface area contributed by atoms with Gasteiger partial charge in [-0.25, -0.2) is 4.99 Å². The normalized spacial score (nSPS) is 19.7. The minimum atomic E-state index is -0.292. The molecule has 0 bridgehead atoms. The molecule has 5 rings (SSSR count). The van der Waals surface area contributed by atoms with Gasteiger partial charge in [0.15, 0.2) is 16.7 Å². The Hall–Kier alpha value is -2.80. The van der Waals surface area contributed by atoms with Crippen LogP contribution in [0.3, 0.4) is 0 Å². The lowest BCUT2D eigenvalue weighted by Gasteiger charge is -2.34. The van der Waals surface area contributed by atoms with Gasteiger partial charge in [0.1, 0.15) is 11.9 Å². The van der Waals surface area contributed by atoms with E-state index in [-0.39, 0.29) is 11.9 Å². The first-order valence-electron chi connectivity index (χ1n) is 12.4. The van der Waals surface area contributed by atoms with Gasteiger partial charge in [-0.2, -0.15) is 4.99 Å². The maximum absolute atomic E-state index is 13.3. The number of ether oxygens (including phenoxy) is 2. The monoisotopic (exact) mass is 491 g/mol. The van der Waals surface area contributed by atoms with Gasteiger partial charge in [0, 0.05) is 17.4 Å². The summed E-state index contributed by atoms with van der Waals surface area (Å²) in [6.07, 6.45) is 7.02. The summed E-state index contributed by atoms with van der Waals surface area (Å²) in [7, 11) is 3.24. The van der Waals surface area contributed by atoms with Gasteiger partial charge in [-0.15, -0.1) is 0 Å². The summed E-state index contributed by atoms with van der Waals surface area (Å²) in [5.74, 6) is 3.19. The molecule has 1 atom stereocenters. The highest BCUT2D eigenvalue weighted by atomic mass is 32.2. The largest absolute Gasteiger partial charge is 0.493 e. The molecule has 2 aromatic carbocycles. The van der Waals surface area contributed by atoms with Crippen molar-refractivity contribution in [1.29, 1.82) is 0 Å². The third kappa shape index (κ3) is 4.70. The zero-order valence-corrected chi connectivity index (χ0v) is 21.8. The summed E-state index contributed by atoms with van der Waals surface area (Å²) < 4.78 is 11.1. The average Bonchev–Trinajstić information content (AvgIpc) is 3.20. The fourth-order valence-electron chi connectivity index (χ4n) is 5.35. The molecule has 7 heteroatoms. The highest BCUT2D eigenvalue weighted by Crippen LogP contribution is 2.42. The molecule has 1 aliphatic carbocycles. The molecule has 1 saturated carbocycles. The predicted molar refractivity (Wildman–Crippen MR) is 142 cm³/mol. The fourth-order valence-corrected chi connectivity index (χ4v) is 6.46. The smallest absolute Gasteiger partial charge is 0.270 e. The maximum Gasteiger partial charge on any atom is 0.270 e. The second-order valence-electron chi connectivity index (χ2n) is 9.74. The van der Waals surface area contributed by atoms with Crippen molar-refractivity contribution in [3.8, 4) is 11.5 Å². The number of thioether (sulfide) groups is 1. The van der Waals surface area contributed by atoms with E-state index >= 15 is 0 Å². The van der Waals surface area contributed by atoms with Crippen molar-refractivity contribution in [2.75, 3.05) is 14.2 Å². The Morgan fingerprint density at radius 3 is 2.49 bits per heavy atom. The molecule has 0 N–H and O–H groups in total. The van der Waals surface area contributed by atoms with Gasteiger partial charge in [0.2, 0.25) is 0 Å². The average molecular weight is 492 g/mol. The minimum absolute atomic E-state index is 0.0618. The number of carbonyl (C=O) groups excluding carboxylic acids is 1. The number of carbonyl (C=O) groups is 1. The van der Waals surface area contributed by atoms with Gasteiger partial charge in [-0.1, -0.05) is 67.6 Å². The van der Waals surface area contributed by atoms with Crippen LogP contribution < -0.4 is 9.47 Å². The quantitative estimate of drug-likeness (QED) is 0.483. The predicted octanol–water partition coefficient (Wildman–Crippen LogP) is 6.18. The molecule has 184 valence electrons. The second kappa shape index (κ2) is 10.1. The van der Waals surface area contributed by atoms with Crippen LogP contribution in [0.2, 0.25) is 0 Å². The molecule has 35 heavy (non-hydrogen) atoms. The molecular weight excluding hydrogens is 458 g/mol. The number of hydrogen-bond donors (Lipinski definition) is 0. The molecule has 2 aromatic rings. The number of nitrogens with zero attached hydrogens (tertiary/aromatic N) is 3. The van der Waals surface area contributed by atoms with Crippen molar-refractivity contribution >= 4 is 34.4 Å². The lowest BCUT2D eigenvalue weighted by atomic mass is 9.84. The Kier molecular flexibility index (Phi) is 6.87. The molecular formula is C28H33N3O3S. The summed E-state index contributed by atoms with van der Waals surface area (Å²) >= 11 is 1.68. The Bertz CT molecular complexity index is 1200. The number of aryl methyl sites for hydroxylation is 2. The van der Waals surface area contributed by atoms with Crippen molar-refractivity contribution in [2.24, 2.45) is 15.9 Å². The standard InChI is InChI=1S/C28H33N3O3S/c1-17-10-11-18(2)20(12-17)16-35-28-29-22-15-25(34-4)24(33-3)14-21(22)26-30-27(32)23(31(26)28)13-19-8-6-5-7-9-19/h10-12,14-15,19,23H,5-9,13,16H2,1-4H3/t23-/m1/s1. The van der Waals surface area contributed by atoms with Crippen molar-refractivity contribution in [2.45, 2.75) is 64.2 Å². The van der Waals surface area contributed by atoms with Gasteiger partial charge in [0.05, 0.1) is 19.9 Å². The highest BCUT2D eigenvalue weighted by Gasteiger charge is 2.43. The molecule has 0 spiro atoms. The summed E-state index contributed by atoms with van der Waals surface area (Å²) in [5, 5.41) is 0.830. The van der Waals surface area contributed by atoms with Gasteiger partial charge in [-0.3, -0.25) is 9.69 Å². The third-order valence-electron chi connectivity index (χ3n) is 7.35. The van der Waals surface area contributed by atoms with Crippen LogP contribution in [0.1, 0.15) is 60.8 Å². The Labute approximate surface area is 211 Å². The molecule has 1 amide bonds. The number of amidine groups is 2. The second-order valence-corrected chi connectivity index (χ2v) is 10.7. The van der Waals surface area contributed by atoms with Crippen LogP contribution in [0.15, 0.2) is 40.3 Å². The minimum Gasteiger partial charge on any atom is -0.493 e. The van der Waals surface area contributed by atoms with E-state index in [9.17, 15) is 4.79 Å². The van der Waals surface area contributed by atoms with Crippen LogP contribution in [0.25, 0.3) is 0 Å². The summed E-state index contributed by atoms with van der Waals surface area (Å²) in [6.45, 7) is 4.26. The van der Waals surface area contributed by atoms with Crippen molar-refractivity contribution in [1.82, 2.24) is 4.90 Å². The van der Waals surface area contributed by atoms with E-state index in [0.717, 1.165) is 28.6 Å². The van der Waals surface area contributed by atoms with Crippen molar-refractivity contribution in [3.63, 3.8) is 0 Å². The number of fused-ring (bicyclic) bond motifs is 3. The van der Waals surface area contributed by atoms with Crippen LogP contribution in [0, 0.1) is 19.8 Å². The number of benzene rings is 2. The van der Waals surface area contributed by atoms with E-state index in [1.807, 2.05) is 12.1 Å². The molecule has 0 saturated heterocycles. The summed E-state index contributed by atoms with van der Waals surface area (Å²) in [4.78, 5) is 25.0. The number of aliphatic imine (C=N–C) groups is 2. The maximum atomic E-state index is 13.3. The molecule has 0 unspecified atom stereocenters. The lowest BCUT2D eigenvalue weighted by molar-refractivity contribution is -0.120. The zero-order chi connectivity index (χ0) is 24.5. The van der Waals surface area contributed by atoms with E-state index in [4.69, 9.17) is 14.5 Å². The van der Waals surface area contributed by atoms with E-state index in [2.05, 4.69) is 41.9 Å². The Balaban J connectivity index is 1.52. The van der Waals surface area contributed by atoms with Crippen LogP contribution in [0.5, 0.6) is 11.5 Å². The van der Waals surface area contributed by atoms with Gasteiger partial charge in [-0.05, 0) is 43.4 Å². The van der Waals surface area contributed by atoms with E-state index < -0.39 is 0 Å². The lowest BCUT2D eigenvalue weighted by Crippen LogP contribution is -2.44. The van der Waals surface area contributed by atoms with Crippen LogP contribution >= 0.6 is 11.8 Å². The van der Waals surface area contributed by atoms with Crippen LogP contribution in [-0.2, 0) is 10.5 Å². The molecule has 6 nitrogen and oxygen atoms in total. The number of rotatable bonds is 6. The highest BCUT2D eigenvalue weighted by molar-refractivity contribution is 8.13. The number of amides is 1. The van der Waals surface area contributed by atoms with Crippen LogP contribution in [-0.4, -0.2) is 42.1 Å². The summed E-state index contributed by atoms with van der Waals surface area (Å²) in [5.41, 5.74) is 5.36. The third-order valence-corrected chi connectivity index (χ3v) is 8.35. The molecule has 1 fully saturated rings. The molecule has 0 aromatic heterocycles. The topological polar surface area (TPSA) is 63.5 Å². The number of methoxy groups -OCH3 is 2. The van der Waals surface area contributed by atoms with E-state index in [1.165, 1.54) is 48.8 Å². The Morgan fingerprint density at radius 1 is 1.00 bits per heavy atom. The van der Waals surface area contributed by atoms with Crippen molar-refractivity contribution in [3.05, 3.63) is 52.6 Å². The first-order chi connectivity index (χ1) is 17.0. The number of hydrogen-bond acceptors (Lipinski definition) is 6. The van der Waals surface area contributed by atoms with E-state index in [0.29, 0.717) is 23.3 Å².